The van der Waals surface area contributed by atoms with E-state index in [4.69, 9.17) is 0 Å². The molecule has 1 heterocycles. The zero-order valence-electron chi connectivity index (χ0n) is 4.39. The highest BCUT2D eigenvalue weighted by Gasteiger charge is 2.13. The van der Waals surface area contributed by atoms with Crippen molar-refractivity contribution in [1.29, 1.82) is 0 Å². The van der Waals surface area contributed by atoms with E-state index >= 15 is 0 Å². The quantitative estimate of drug-likeness (QED) is 0.286. The first-order valence-corrected chi connectivity index (χ1v) is 2.35. The molecule has 0 aromatic rings. The van der Waals surface area contributed by atoms with Crippen molar-refractivity contribution in [3.8, 4) is 0 Å². The van der Waals surface area contributed by atoms with Crippen LogP contribution in [0.1, 0.15) is 0 Å². The standard InChI is InChI=1S/C4H9N3/c1-5-4-6-7-2-3-7/h4H,2-3H2,1H3,(H,5,6). The van der Waals surface area contributed by atoms with Crippen LogP contribution in [-0.4, -0.2) is 31.5 Å². The highest BCUT2D eigenvalue weighted by molar-refractivity contribution is 5.53. The van der Waals surface area contributed by atoms with Gasteiger partial charge in [-0.05, 0) is 0 Å². The first-order chi connectivity index (χ1) is 3.43. The molecule has 1 saturated heterocycles. The van der Waals surface area contributed by atoms with Gasteiger partial charge in [-0.25, -0.2) is 5.01 Å². The van der Waals surface area contributed by atoms with Gasteiger partial charge in [-0.2, -0.15) is 0 Å². The van der Waals surface area contributed by atoms with Crippen LogP contribution in [0.5, 0.6) is 0 Å². The average molecular weight is 99.1 g/mol. The van der Waals surface area contributed by atoms with E-state index in [0.717, 1.165) is 13.1 Å². The van der Waals surface area contributed by atoms with Crippen molar-refractivity contribution >= 4 is 6.34 Å². The summed E-state index contributed by atoms with van der Waals surface area (Å²) in [5.74, 6) is 0. The molecule has 7 heavy (non-hydrogen) atoms. The van der Waals surface area contributed by atoms with Crippen LogP contribution in [-0.2, 0) is 0 Å². The lowest BCUT2D eigenvalue weighted by molar-refractivity contribution is 0.516. The maximum Gasteiger partial charge on any atom is 0.0964 e. The third-order valence-electron chi connectivity index (χ3n) is 0.817. The number of hydrogen-bond donors (Lipinski definition) is 1. The highest BCUT2D eigenvalue weighted by Crippen LogP contribution is 1.93. The zero-order chi connectivity index (χ0) is 5.11. The Hall–Kier alpha value is -0.570. The van der Waals surface area contributed by atoms with Gasteiger partial charge >= 0.3 is 0 Å². The van der Waals surface area contributed by atoms with Crippen molar-refractivity contribution in [1.82, 2.24) is 10.4 Å². The third kappa shape index (κ3) is 1.55. The van der Waals surface area contributed by atoms with Gasteiger partial charge < -0.3 is 5.43 Å². The molecule has 0 aliphatic carbocycles. The topological polar surface area (TPSA) is 27.4 Å². The van der Waals surface area contributed by atoms with Gasteiger partial charge in [-0.3, -0.25) is 4.99 Å². The lowest BCUT2D eigenvalue weighted by Gasteiger charge is -1.92. The molecular weight excluding hydrogens is 90.1 g/mol. The Morgan fingerprint density at radius 3 is 2.86 bits per heavy atom. The summed E-state index contributed by atoms with van der Waals surface area (Å²) in [5.41, 5.74) is 2.95. The van der Waals surface area contributed by atoms with Crippen LogP contribution in [0.2, 0.25) is 0 Å². The van der Waals surface area contributed by atoms with E-state index < -0.39 is 0 Å². The number of nitrogens with one attached hydrogen (secondary N) is 1. The molecule has 1 fully saturated rings. The van der Waals surface area contributed by atoms with Crippen molar-refractivity contribution < 1.29 is 0 Å². The summed E-state index contributed by atoms with van der Waals surface area (Å²) in [6, 6.07) is 0. The second kappa shape index (κ2) is 1.93. The van der Waals surface area contributed by atoms with Crippen LogP contribution in [0, 0.1) is 0 Å². The molecule has 0 amide bonds. The monoisotopic (exact) mass is 99.1 g/mol. The molecule has 3 heteroatoms. The summed E-state index contributed by atoms with van der Waals surface area (Å²) in [5, 5.41) is 2.06. The van der Waals surface area contributed by atoms with E-state index in [1.807, 2.05) is 0 Å². The summed E-state index contributed by atoms with van der Waals surface area (Å²) >= 11 is 0. The van der Waals surface area contributed by atoms with Crippen molar-refractivity contribution in [2.24, 2.45) is 4.99 Å². The van der Waals surface area contributed by atoms with Crippen LogP contribution in [0.3, 0.4) is 0 Å². The van der Waals surface area contributed by atoms with Gasteiger partial charge in [0.15, 0.2) is 0 Å². The van der Waals surface area contributed by atoms with Gasteiger partial charge in [0.2, 0.25) is 0 Å². The van der Waals surface area contributed by atoms with Gasteiger partial charge in [0, 0.05) is 20.1 Å². The normalized spacial score (nSPS) is 20.7. The average Bonchev–Trinajstić information content (AvgIpc) is 2.42. The Balaban J connectivity index is 1.98. The molecule has 1 aliphatic rings. The summed E-state index contributed by atoms with van der Waals surface area (Å²) in [7, 11) is 1.75. The van der Waals surface area contributed by atoms with Crippen LogP contribution < -0.4 is 5.43 Å². The van der Waals surface area contributed by atoms with E-state index in [-0.39, 0.29) is 0 Å². The molecule has 1 rings (SSSR count). The van der Waals surface area contributed by atoms with Crippen LogP contribution in [0.25, 0.3) is 0 Å². The van der Waals surface area contributed by atoms with Crippen LogP contribution in [0.15, 0.2) is 4.99 Å². The van der Waals surface area contributed by atoms with Gasteiger partial charge in [0.05, 0.1) is 6.34 Å². The van der Waals surface area contributed by atoms with Crippen molar-refractivity contribution in [3.05, 3.63) is 0 Å². The highest BCUT2D eigenvalue weighted by atomic mass is 15.6. The molecule has 1 N–H and O–H groups in total. The first-order valence-electron chi connectivity index (χ1n) is 2.35. The molecule has 0 spiro atoms. The summed E-state index contributed by atoms with van der Waals surface area (Å²) < 4.78 is 0. The van der Waals surface area contributed by atoms with Crippen molar-refractivity contribution in [2.75, 3.05) is 20.1 Å². The minimum absolute atomic E-state index is 1.16. The Labute approximate surface area is 43.0 Å². The molecule has 1 aliphatic heterocycles. The Morgan fingerprint density at radius 1 is 1.71 bits per heavy atom. The number of aliphatic imine (C=N–C) groups is 1. The van der Waals surface area contributed by atoms with E-state index in [1.54, 1.807) is 13.4 Å². The van der Waals surface area contributed by atoms with E-state index in [9.17, 15) is 0 Å². The summed E-state index contributed by atoms with van der Waals surface area (Å²) in [4.78, 5) is 3.74. The molecule has 0 radical (unpaired) electrons. The number of nitrogens with zero attached hydrogens (tertiary/aromatic N) is 2. The largest absolute Gasteiger partial charge is 0.310 e. The second-order valence-electron chi connectivity index (χ2n) is 1.50. The molecule has 0 unspecified atom stereocenters. The van der Waals surface area contributed by atoms with Gasteiger partial charge in [-0.1, -0.05) is 0 Å². The van der Waals surface area contributed by atoms with Crippen LogP contribution >= 0.6 is 0 Å². The number of hydrogen-bond acceptors (Lipinski definition) is 2. The minimum atomic E-state index is 1.16. The second-order valence-corrected chi connectivity index (χ2v) is 1.50. The van der Waals surface area contributed by atoms with E-state index in [2.05, 4.69) is 15.4 Å². The zero-order valence-corrected chi connectivity index (χ0v) is 4.39. The molecule has 0 bridgehead atoms. The molecule has 0 atom stereocenters. The third-order valence-corrected chi connectivity index (χ3v) is 0.817. The fourth-order valence-electron chi connectivity index (χ4n) is 0.318. The minimum Gasteiger partial charge on any atom is -0.310 e. The molecule has 0 aromatic heterocycles. The van der Waals surface area contributed by atoms with Crippen molar-refractivity contribution in [3.63, 3.8) is 0 Å². The smallest absolute Gasteiger partial charge is 0.0964 e. The molecular formula is C4H9N3. The Morgan fingerprint density at radius 2 is 2.43 bits per heavy atom. The van der Waals surface area contributed by atoms with Gasteiger partial charge in [-0.15, -0.1) is 0 Å². The van der Waals surface area contributed by atoms with Gasteiger partial charge in [0.1, 0.15) is 0 Å². The van der Waals surface area contributed by atoms with E-state index in [1.165, 1.54) is 0 Å². The molecule has 3 nitrogen and oxygen atoms in total. The fraction of sp³-hybridized carbons (Fsp3) is 0.750. The fourth-order valence-corrected chi connectivity index (χ4v) is 0.318. The summed E-state index contributed by atoms with van der Waals surface area (Å²) in [6.07, 6.45) is 1.69. The lowest BCUT2D eigenvalue weighted by atomic mass is 11.0. The predicted molar refractivity (Wildman–Crippen MR) is 29.1 cm³/mol. The van der Waals surface area contributed by atoms with Crippen LogP contribution in [0.4, 0.5) is 0 Å². The Bertz CT molecular complexity index is 75.0. The predicted octanol–water partition coefficient (Wildman–Crippen LogP) is -0.535. The first kappa shape index (κ1) is 4.59. The van der Waals surface area contributed by atoms with E-state index in [0.29, 0.717) is 0 Å². The summed E-state index contributed by atoms with van der Waals surface area (Å²) in [6.45, 7) is 2.32. The number of hydrazine groups is 1. The molecule has 40 valence electrons. The van der Waals surface area contributed by atoms with Crippen molar-refractivity contribution in [2.45, 2.75) is 0 Å². The Kier molecular flexibility index (Phi) is 1.26. The molecule has 0 aromatic carbocycles. The lowest BCUT2D eigenvalue weighted by Crippen LogP contribution is -2.17. The van der Waals surface area contributed by atoms with Gasteiger partial charge in [0.25, 0.3) is 0 Å². The maximum atomic E-state index is 3.74. The maximum absolute atomic E-state index is 3.74. The number of rotatable bonds is 2. The molecule has 0 saturated carbocycles. The SMILES string of the molecule is CN=CNN1CC1.